The number of halogens is 1. The summed E-state index contributed by atoms with van der Waals surface area (Å²) in [5.74, 6) is -0.230. The molecule has 1 heterocycles. The maximum Gasteiger partial charge on any atom is 0.274 e. The van der Waals surface area contributed by atoms with Crippen molar-refractivity contribution in [2.45, 2.75) is 19.9 Å². The number of aromatic nitrogens is 1. The Morgan fingerprint density at radius 3 is 2.38 bits per heavy atom. The number of hydrogen-bond donors (Lipinski definition) is 2. The first-order chi connectivity index (χ1) is 12.7. The number of carbonyl (C=O) groups is 1. The molecule has 0 spiro atoms. The highest BCUT2D eigenvalue weighted by atomic mass is 35.5. The molecule has 0 atom stereocenters. The lowest BCUT2D eigenvalue weighted by Gasteiger charge is -2.09. The van der Waals surface area contributed by atoms with Crippen molar-refractivity contribution in [3.05, 3.63) is 88.7 Å². The molecule has 2 N–H and O–H groups in total. The number of nitrogens with one attached hydrogen (secondary N) is 2. The van der Waals surface area contributed by atoms with Gasteiger partial charge in [0.15, 0.2) is 0 Å². The van der Waals surface area contributed by atoms with Crippen molar-refractivity contribution in [3.63, 3.8) is 0 Å². The molecular weight excluding hydrogens is 346 g/mol. The lowest BCUT2D eigenvalue weighted by molar-refractivity contribution is 0.102. The van der Waals surface area contributed by atoms with Gasteiger partial charge in [0, 0.05) is 17.3 Å². The molecule has 26 heavy (non-hydrogen) atoms. The second-order valence-electron chi connectivity index (χ2n) is 5.88. The molecule has 0 aliphatic rings. The number of amides is 1. The minimum absolute atomic E-state index is 0.230. The average molecular weight is 366 g/mol. The van der Waals surface area contributed by atoms with E-state index in [9.17, 15) is 4.79 Å². The third-order valence-electron chi connectivity index (χ3n) is 4.06. The lowest BCUT2D eigenvalue weighted by Crippen LogP contribution is -2.13. The SMILES string of the molecule is CCc1ccc(NC(=O)c2ccc(NCc3ccccc3Cl)cn2)cc1. The number of pyridine rings is 1. The topological polar surface area (TPSA) is 54.0 Å². The van der Waals surface area contributed by atoms with Crippen LogP contribution in [0.2, 0.25) is 5.02 Å². The first-order valence-electron chi connectivity index (χ1n) is 8.49. The monoisotopic (exact) mass is 365 g/mol. The molecule has 0 unspecified atom stereocenters. The van der Waals surface area contributed by atoms with E-state index in [1.165, 1.54) is 5.56 Å². The Bertz CT molecular complexity index is 877. The fourth-order valence-electron chi connectivity index (χ4n) is 2.49. The van der Waals surface area contributed by atoms with Gasteiger partial charge in [-0.1, -0.05) is 48.9 Å². The average Bonchev–Trinajstić information content (AvgIpc) is 2.68. The molecule has 0 saturated carbocycles. The van der Waals surface area contributed by atoms with Gasteiger partial charge in [-0.25, -0.2) is 4.98 Å². The van der Waals surface area contributed by atoms with Crippen molar-refractivity contribution in [1.82, 2.24) is 4.98 Å². The zero-order valence-electron chi connectivity index (χ0n) is 14.5. The quantitative estimate of drug-likeness (QED) is 0.634. The molecule has 0 aliphatic carbocycles. The van der Waals surface area contributed by atoms with Gasteiger partial charge in [-0.2, -0.15) is 0 Å². The molecule has 1 amide bonds. The summed E-state index contributed by atoms with van der Waals surface area (Å²) < 4.78 is 0. The molecular formula is C21H20ClN3O. The highest BCUT2D eigenvalue weighted by Gasteiger charge is 2.08. The van der Waals surface area contributed by atoms with E-state index in [-0.39, 0.29) is 5.91 Å². The molecule has 0 fully saturated rings. The summed E-state index contributed by atoms with van der Waals surface area (Å²) in [6.45, 7) is 2.69. The van der Waals surface area contributed by atoms with E-state index in [1.54, 1.807) is 12.3 Å². The van der Waals surface area contributed by atoms with Crippen molar-refractivity contribution in [1.29, 1.82) is 0 Å². The van der Waals surface area contributed by atoms with Crippen LogP contribution in [0.25, 0.3) is 0 Å². The highest BCUT2D eigenvalue weighted by molar-refractivity contribution is 6.31. The number of carbonyl (C=O) groups excluding carboxylic acids is 1. The Hall–Kier alpha value is -2.85. The molecule has 0 saturated heterocycles. The van der Waals surface area contributed by atoms with Crippen LogP contribution in [0.3, 0.4) is 0 Å². The van der Waals surface area contributed by atoms with Crippen molar-refractivity contribution in [2.24, 2.45) is 0 Å². The van der Waals surface area contributed by atoms with Crippen LogP contribution in [0, 0.1) is 0 Å². The van der Waals surface area contributed by atoms with E-state index >= 15 is 0 Å². The zero-order valence-corrected chi connectivity index (χ0v) is 15.3. The van der Waals surface area contributed by atoms with E-state index in [1.807, 2.05) is 54.6 Å². The maximum atomic E-state index is 12.3. The van der Waals surface area contributed by atoms with Gasteiger partial charge in [0.2, 0.25) is 0 Å². The van der Waals surface area contributed by atoms with Gasteiger partial charge in [-0.05, 0) is 47.9 Å². The number of anilines is 2. The second kappa shape index (κ2) is 8.50. The van der Waals surface area contributed by atoms with Gasteiger partial charge in [0.25, 0.3) is 5.91 Å². The standard InChI is InChI=1S/C21H20ClN3O/c1-2-15-7-9-17(10-8-15)25-21(26)20-12-11-18(14-24-20)23-13-16-5-3-4-6-19(16)22/h3-12,14,23H,2,13H2,1H3,(H,25,26). The molecule has 5 heteroatoms. The molecule has 0 bridgehead atoms. The van der Waals surface area contributed by atoms with Gasteiger partial charge in [0.1, 0.15) is 5.69 Å². The predicted octanol–water partition coefficient (Wildman–Crippen LogP) is 5.16. The molecule has 0 radical (unpaired) electrons. The third-order valence-corrected chi connectivity index (χ3v) is 4.43. The van der Waals surface area contributed by atoms with E-state index < -0.39 is 0 Å². The summed E-state index contributed by atoms with van der Waals surface area (Å²) in [5.41, 5.74) is 4.19. The van der Waals surface area contributed by atoms with Crippen LogP contribution in [-0.2, 0) is 13.0 Å². The summed E-state index contributed by atoms with van der Waals surface area (Å²) in [5, 5.41) is 6.83. The van der Waals surface area contributed by atoms with Crippen LogP contribution < -0.4 is 10.6 Å². The van der Waals surface area contributed by atoms with Crippen LogP contribution >= 0.6 is 11.6 Å². The molecule has 3 rings (SSSR count). The van der Waals surface area contributed by atoms with Crippen LogP contribution in [0.15, 0.2) is 66.9 Å². The molecule has 3 aromatic rings. The summed E-state index contributed by atoms with van der Waals surface area (Å²) in [4.78, 5) is 16.5. The minimum Gasteiger partial charge on any atom is -0.380 e. The number of nitrogens with zero attached hydrogens (tertiary/aromatic N) is 1. The van der Waals surface area contributed by atoms with E-state index in [0.29, 0.717) is 12.2 Å². The highest BCUT2D eigenvalue weighted by Crippen LogP contribution is 2.17. The van der Waals surface area contributed by atoms with Crippen LogP contribution in [0.5, 0.6) is 0 Å². The predicted molar refractivity (Wildman–Crippen MR) is 107 cm³/mol. The Kier molecular flexibility index (Phi) is 5.87. The summed E-state index contributed by atoms with van der Waals surface area (Å²) in [6.07, 6.45) is 2.62. The van der Waals surface area contributed by atoms with Gasteiger partial charge in [-0.3, -0.25) is 4.79 Å². The third kappa shape index (κ3) is 4.61. The number of hydrogen-bond acceptors (Lipinski definition) is 3. The van der Waals surface area contributed by atoms with Crippen LogP contribution in [0.4, 0.5) is 11.4 Å². The number of aryl methyl sites for hydroxylation is 1. The van der Waals surface area contributed by atoms with E-state index in [4.69, 9.17) is 11.6 Å². The van der Waals surface area contributed by atoms with Crippen LogP contribution in [0.1, 0.15) is 28.5 Å². The van der Waals surface area contributed by atoms with E-state index in [0.717, 1.165) is 28.4 Å². The van der Waals surface area contributed by atoms with Crippen LogP contribution in [-0.4, -0.2) is 10.9 Å². The molecule has 1 aromatic heterocycles. The number of benzene rings is 2. The van der Waals surface area contributed by atoms with Crippen molar-refractivity contribution in [3.8, 4) is 0 Å². The second-order valence-corrected chi connectivity index (χ2v) is 6.29. The Morgan fingerprint density at radius 1 is 1.00 bits per heavy atom. The molecule has 4 nitrogen and oxygen atoms in total. The van der Waals surface area contributed by atoms with E-state index in [2.05, 4.69) is 22.5 Å². The van der Waals surface area contributed by atoms with Gasteiger partial charge in [0.05, 0.1) is 11.9 Å². The Labute approximate surface area is 158 Å². The normalized spacial score (nSPS) is 10.4. The number of rotatable bonds is 6. The molecule has 132 valence electrons. The van der Waals surface area contributed by atoms with Gasteiger partial charge >= 0.3 is 0 Å². The lowest BCUT2D eigenvalue weighted by atomic mass is 10.1. The largest absolute Gasteiger partial charge is 0.380 e. The van der Waals surface area contributed by atoms with Crippen molar-refractivity contribution < 1.29 is 4.79 Å². The van der Waals surface area contributed by atoms with Gasteiger partial charge < -0.3 is 10.6 Å². The minimum atomic E-state index is -0.230. The Balaban J connectivity index is 1.59. The Morgan fingerprint density at radius 2 is 1.73 bits per heavy atom. The van der Waals surface area contributed by atoms with Crippen molar-refractivity contribution in [2.75, 3.05) is 10.6 Å². The zero-order chi connectivity index (χ0) is 18.4. The smallest absolute Gasteiger partial charge is 0.274 e. The first kappa shape index (κ1) is 18.0. The first-order valence-corrected chi connectivity index (χ1v) is 8.87. The summed E-state index contributed by atoms with van der Waals surface area (Å²) in [6, 6.07) is 19.0. The molecule has 0 aliphatic heterocycles. The summed E-state index contributed by atoms with van der Waals surface area (Å²) in [7, 11) is 0. The summed E-state index contributed by atoms with van der Waals surface area (Å²) >= 11 is 6.14. The fraction of sp³-hybridized carbons (Fsp3) is 0.143. The fourth-order valence-corrected chi connectivity index (χ4v) is 2.69. The van der Waals surface area contributed by atoms with Gasteiger partial charge in [-0.15, -0.1) is 0 Å². The maximum absolute atomic E-state index is 12.3. The van der Waals surface area contributed by atoms with Crippen molar-refractivity contribution >= 4 is 28.9 Å². The molecule has 2 aromatic carbocycles.